The summed E-state index contributed by atoms with van der Waals surface area (Å²) in [5.74, 6) is 1.87. The summed E-state index contributed by atoms with van der Waals surface area (Å²) in [6.45, 7) is 9.57. The first-order chi connectivity index (χ1) is 17.1. The molecular weight excluding hydrogens is 458 g/mol. The Morgan fingerprint density at radius 2 is 0.886 bits per heavy atom. The van der Waals surface area contributed by atoms with Crippen molar-refractivity contribution < 1.29 is 0 Å². The molecule has 35 heavy (non-hydrogen) atoms. The first-order valence-electron chi connectivity index (χ1n) is 12.9. The fourth-order valence-corrected chi connectivity index (χ4v) is 10.4. The standard InChI is InChI=1S/C33H38P2/c1-26(2)27(3)28(4)32-22-14-15-23-33(32)35(31-20-12-7-13-21-31)25-24-34(29-16-8-5-9-17-29)30-18-10-6-11-19-30/h5-23,26-28H,24-25H2,1-4H3. The molecule has 0 N–H and O–H groups in total. The summed E-state index contributed by atoms with van der Waals surface area (Å²) in [5, 5.41) is 6.03. The van der Waals surface area contributed by atoms with Gasteiger partial charge in [-0.3, -0.25) is 0 Å². The van der Waals surface area contributed by atoms with Gasteiger partial charge in [-0.1, -0.05) is 143 Å². The van der Waals surface area contributed by atoms with Gasteiger partial charge in [-0.2, -0.15) is 0 Å². The second-order valence-corrected chi connectivity index (χ2v) is 14.4. The Bertz CT molecular complexity index is 1120. The van der Waals surface area contributed by atoms with Gasteiger partial charge >= 0.3 is 0 Å². The van der Waals surface area contributed by atoms with Crippen LogP contribution in [-0.4, -0.2) is 12.3 Å². The van der Waals surface area contributed by atoms with E-state index in [1.165, 1.54) is 28.2 Å². The van der Waals surface area contributed by atoms with Gasteiger partial charge < -0.3 is 0 Å². The summed E-state index contributed by atoms with van der Waals surface area (Å²) in [4.78, 5) is 0. The molecule has 0 fully saturated rings. The average Bonchev–Trinajstić information content (AvgIpc) is 2.92. The summed E-state index contributed by atoms with van der Waals surface area (Å²) in [6, 6.07) is 42.9. The Balaban J connectivity index is 1.71. The van der Waals surface area contributed by atoms with E-state index >= 15 is 0 Å². The van der Waals surface area contributed by atoms with Crippen LogP contribution in [-0.2, 0) is 0 Å². The molecule has 0 aliphatic rings. The minimum atomic E-state index is -0.445. The number of hydrogen-bond acceptors (Lipinski definition) is 0. The first-order valence-corrected chi connectivity index (χ1v) is 15.9. The molecule has 0 radical (unpaired) electrons. The van der Waals surface area contributed by atoms with E-state index < -0.39 is 15.8 Å². The molecule has 0 aliphatic heterocycles. The van der Waals surface area contributed by atoms with Crippen molar-refractivity contribution in [1.82, 2.24) is 0 Å². The van der Waals surface area contributed by atoms with Crippen molar-refractivity contribution in [3.05, 3.63) is 121 Å². The third kappa shape index (κ3) is 6.50. The molecule has 0 aliphatic carbocycles. The van der Waals surface area contributed by atoms with Gasteiger partial charge in [-0.15, -0.1) is 0 Å². The van der Waals surface area contributed by atoms with Crippen molar-refractivity contribution in [2.24, 2.45) is 11.8 Å². The maximum absolute atomic E-state index is 2.43. The Morgan fingerprint density at radius 3 is 1.37 bits per heavy atom. The fourth-order valence-electron chi connectivity index (χ4n) is 4.80. The van der Waals surface area contributed by atoms with Crippen molar-refractivity contribution in [2.75, 3.05) is 12.3 Å². The van der Waals surface area contributed by atoms with Crippen molar-refractivity contribution in [2.45, 2.75) is 33.6 Å². The SMILES string of the molecule is CC(C)C(C)C(C)c1ccccc1P(CCP(c1ccccc1)c1ccccc1)c1ccccc1. The van der Waals surface area contributed by atoms with Gasteiger partial charge in [0.2, 0.25) is 0 Å². The van der Waals surface area contributed by atoms with E-state index in [0.29, 0.717) is 17.8 Å². The van der Waals surface area contributed by atoms with Crippen LogP contribution in [0, 0.1) is 11.8 Å². The van der Waals surface area contributed by atoms with Gasteiger partial charge in [0, 0.05) is 0 Å². The summed E-state index contributed by atoms with van der Waals surface area (Å²) in [5.41, 5.74) is 1.55. The lowest BCUT2D eigenvalue weighted by Crippen LogP contribution is -2.24. The quantitative estimate of drug-likeness (QED) is 0.198. The van der Waals surface area contributed by atoms with E-state index in [1.54, 1.807) is 10.9 Å². The van der Waals surface area contributed by atoms with E-state index in [2.05, 4.69) is 143 Å². The largest absolute Gasteiger partial charge is 0.0625 e. The second kappa shape index (κ2) is 12.6. The lowest BCUT2D eigenvalue weighted by atomic mass is 9.82. The minimum Gasteiger partial charge on any atom is -0.0625 e. The smallest absolute Gasteiger partial charge is 0.0156 e. The Kier molecular flexibility index (Phi) is 9.31. The molecule has 3 atom stereocenters. The van der Waals surface area contributed by atoms with Crippen LogP contribution >= 0.6 is 15.8 Å². The second-order valence-electron chi connectivity index (χ2n) is 9.76. The van der Waals surface area contributed by atoms with Crippen molar-refractivity contribution in [3.63, 3.8) is 0 Å². The molecule has 4 aromatic carbocycles. The molecule has 0 spiro atoms. The van der Waals surface area contributed by atoms with Gasteiger partial charge in [0.05, 0.1) is 0 Å². The Morgan fingerprint density at radius 1 is 0.486 bits per heavy atom. The summed E-state index contributed by atoms with van der Waals surface area (Å²) in [7, 11) is -0.841. The highest BCUT2D eigenvalue weighted by molar-refractivity contribution is 7.76. The van der Waals surface area contributed by atoms with E-state index in [0.717, 1.165) is 0 Å². The minimum absolute atomic E-state index is 0.396. The van der Waals surface area contributed by atoms with Crippen LogP contribution in [0.5, 0.6) is 0 Å². The zero-order chi connectivity index (χ0) is 24.6. The van der Waals surface area contributed by atoms with Crippen molar-refractivity contribution in [1.29, 1.82) is 0 Å². The molecule has 0 saturated heterocycles. The summed E-state index contributed by atoms with van der Waals surface area (Å²) < 4.78 is 0. The van der Waals surface area contributed by atoms with Gasteiger partial charge in [-0.25, -0.2) is 0 Å². The number of benzene rings is 4. The third-order valence-corrected chi connectivity index (χ3v) is 12.8. The molecule has 4 rings (SSSR count). The van der Waals surface area contributed by atoms with Crippen molar-refractivity contribution >= 4 is 37.1 Å². The summed E-state index contributed by atoms with van der Waals surface area (Å²) >= 11 is 0. The average molecular weight is 497 g/mol. The van der Waals surface area contributed by atoms with Gasteiger partial charge in [-0.05, 0) is 72.7 Å². The van der Waals surface area contributed by atoms with Gasteiger partial charge in [0.15, 0.2) is 0 Å². The molecule has 0 amide bonds. The predicted octanol–water partition coefficient (Wildman–Crippen LogP) is 7.65. The topological polar surface area (TPSA) is 0 Å². The molecule has 0 heterocycles. The zero-order valence-corrected chi connectivity index (χ0v) is 23.3. The fraction of sp³-hybridized carbons (Fsp3) is 0.273. The van der Waals surface area contributed by atoms with Crippen LogP contribution in [0.15, 0.2) is 115 Å². The third-order valence-electron chi connectivity index (χ3n) is 7.31. The van der Waals surface area contributed by atoms with Crippen LogP contribution in [0.3, 0.4) is 0 Å². The number of hydrogen-bond donors (Lipinski definition) is 0. The van der Waals surface area contributed by atoms with Crippen molar-refractivity contribution in [3.8, 4) is 0 Å². The summed E-state index contributed by atoms with van der Waals surface area (Å²) in [6.07, 6.45) is 2.40. The van der Waals surface area contributed by atoms with E-state index in [4.69, 9.17) is 0 Å². The molecule has 0 bridgehead atoms. The molecule has 3 unspecified atom stereocenters. The Hall–Kier alpha value is -2.26. The maximum Gasteiger partial charge on any atom is -0.0156 e. The Labute approximate surface area is 215 Å². The normalized spacial score (nSPS) is 14.1. The van der Waals surface area contributed by atoms with Crippen LogP contribution in [0.4, 0.5) is 0 Å². The molecule has 4 aromatic rings. The van der Waals surface area contributed by atoms with Gasteiger partial charge in [0.25, 0.3) is 0 Å². The zero-order valence-electron chi connectivity index (χ0n) is 21.5. The molecule has 0 nitrogen and oxygen atoms in total. The van der Waals surface area contributed by atoms with E-state index in [-0.39, 0.29) is 0 Å². The number of rotatable bonds is 10. The predicted molar refractivity (Wildman–Crippen MR) is 160 cm³/mol. The highest BCUT2D eigenvalue weighted by Crippen LogP contribution is 2.43. The van der Waals surface area contributed by atoms with Crippen LogP contribution in [0.2, 0.25) is 0 Å². The van der Waals surface area contributed by atoms with Gasteiger partial charge in [0.1, 0.15) is 0 Å². The molecule has 2 heteroatoms. The first kappa shape index (κ1) is 25.8. The van der Waals surface area contributed by atoms with E-state index in [9.17, 15) is 0 Å². The van der Waals surface area contributed by atoms with Crippen LogP contribution in [0.25, 0.3) is 0 Å². The lowest BCUT2D eigenvalue weighted by molar-refractivity contribution is 0.363. The maximum atomic E-state index is 2.43. The highest BCUT2D eigenvalue weighted by atomic mass is 31.1. The van der Waals surface area contributed by atoms with Crippen LogP contribution in [0.1, 0.15) is 39.2 Å². The molecule has 0 saturated carbocycles. The monoisotopic (exact) mass is 496 g/mol. The van der Waals surface area contributed by atoms with Crippen LogP contribution < -0.4 is 21.2 Å². The highest BCUT2D eigenvalue weighted by Gasteiger charge is 2.25. The molecular formula is C33H38P2. The molecule has 0 aromatic heterocycles. The lowest BCUT2D eigenvalue weighted by Gasteiger charge is -2.30. The van der Waals surface area contributed by atoms with E-state index in [1.807, 2.05) is 0 Å². The molecule has 180 valence electrons.